The normalized spacial score (nSPS) is 13.4. The highest BCUT2D eigenvalue weighted by Crippen LogP contribution is 2.47. The minimum Gasteiger partial charge on any atom is -0.457 e. The first kappa shape index (κ1) is 24.7. The van der Waals surface area contributed by atoms with Gasteiger partial charge in [0, 0.05) is 35.7 Å². The standard InChI is InChI=1S/C28H24FN5O4/c1-31-25(35)20-14-21-23(15-22(20)30)32-13-10-24(21)38-19-8-6-18(7-9-19)34-27(37)28(11-12-28)26(36)33-17-4-2-16(29)3-5-17/h2-10,13-15H,11-12,30H2,1H3,(H,31,35)(H,33,36)(H,34,37). The Morgan fingerprint density at radius 1 is 0.921 bits per heavy atom. The highest BCUT2D eigenvalue weighted by Gasteiger charge is 2.56. The van der Waals surface area contributed by atoms with Crippen molar-refractivity contribution in [3.8, 4) is 11.5 Å². The van der Waals surface area contributed by atoms with E-state index in [1.54, 1.807) is 48.7 Å². The number of nitrogens with zero attached hydrogens (tertiary/aromatic N) is 1. The molecule has 1 aliphatic rings. The summed E-state index contributed by atoms with van der Waals surface area (Å²) in [6.45, 7) is 0. The third-order valence-electron chi connectivity index (χ3n) is 6.41. The van der Waals surface area contributed by atoms with Crippen LogP contribution in [0.4, 0.5) is 21.5 Å². The fourth-order valence-corrected chi connectivity index (χ4v) is 4.05. The number of amides is 3. The predicted molar refractivity (Wildman–Crippen MR) is 141 cm³/mol. The Kier molecular flexibility index (Phi) is 6.38. The second kappa shape index (κ2) is 9.81. The monoisotopic (exact) mass is 513 g/mol. The number of nitrogen functional groups attached to an aromatic ring is 1. The zero-order chi connectivity index (χ0) is 26.9. The summed E-state index contributed by atoms with van der Waals surface area (Å²) >= 11 is 0. The number of nitrogens with one attached hydrogen (secondary N) is 3. The van der Waals surface area contributed by atoms with Crippen LogP contribution in [-0.4, -0.2) is 29.8 Å². The summed E-state index contributed by atoms with van der Waals surface area (Å²) < 4.78 is 19.2. The number of anilines is 3. The first-order valence-corrected chi connectivity index (χ1v) is 11.9. The molecule has 10 heteroatoms. The molecular formula is C28H24FN5O4. The van der Waals surface area contributed by atoms with Crippen molar-refractivity contribution < 1.29 is 23.5 Å². The van der Waals surface area contributed by atoms with Crippen molar-refractivity contribution in [3.63, 3.8) is 0 Å². The van der Waals surface area contributed by atoms with Gasteiger partial charge in [-0.05, 0) is 79.6 Å². The topological polar surface area (TPSA) is 135 Å². The van der Waals surface area contributed by atoms with Crippen LogP contribution in [0.5, 0.6) is 11.5 Å². The summed E-state index contributed by atoms with van der Waals surface area (Å²) in [5.74, 6) is -0.604. The lowest BCUT2D eigenvalue weighted by Gasteiger charge is -2.16. The molecule has 0 bridgehead atoms. The van der Waals surface area contributed by atoms with Crippen molar-refractivity contribution in [2.75, 3.05) is 23.4 Å². The Morgan fingerprint density at radius 3 is 2.11 bits per heavy atom. The molecule has 3 amide bonds. The summed E-state index contributed by atoms with van der Waals surface area (Å²) in [6.07, 6.45) is 2.42. The zero-order valence-electron chi connectivity index (χ0n) is 20.4. The van der Waals surface area contributed by atoms with Gasteiger partial charge in [-0.15, -0.1) is 0 Å². The van der Waals surface area contributed by atoms with E-state index >= 15 is 0 Å². The largest absolute Gasteiger partial charge is 0.457 e. The molecule has 0 aliphatic heterocycles. The van der Waals surface area contributed by atoms with E-state index in [4.69, 9.17) is 10.5 Å². The maximum atomic E-state index is 13.1. The summed E-state index contributed by atoms with van der Waals surface area (Å²) in [4.78, 5) is 42.2. The van der Waals surface area contributed by atoms with Gasteiger partial charge in [-0.2, -0.15) is 0 Å². The molecule has 0 radical (unpaired) electrons. The first-order chi connectivity index (χ1) is 18.3. The van der Waals surface area contributed by atoms with Crippen LogP contribution >= 0.6 is 0 Å². The number of pyridine rings is 1. The highest BCUT2D eigenvalue weighted by molar-refractivity contribution is 6.17. The molecule has 0 atom stereocenters. The van der Waals surface area contributed by atoms with Gasteiger partial charge in [0.15, 0.2) is 0 Å². The van der Waals surface area contributed by atoms with E-state index in [0.29, 0.717) is 57.9 Å². The van der Waals surface area contributed by atoms with Crippen molar-refractivity contribution >= 4 is 45.7 Å². The summed E-state index contributed by atoms with van der Waals surface area (Å²) in [6, 6.07) is 17.0. The number of halogens is 1. The smallest absolute Gasteiger partial charge is 0.253 e. The van der Waals surface area contributed by atoms with Crippen LogP contribution in [0.1, 0.15) is 23.2 Å². The molecule has 38 heavy (non-hydrogen) atoms. The van der Waals surface area contributed by atoms with E-state index in [1.807, 2.05) is 0 Å². The van der Waals surface area contributed by atoms with Gasteiger partial charge < -0.3 is 26.4 Å². The van der Waals surface area contributed by atoms with E-state index in [-0.39, 0.29) is 5.91 Å². The van der Waals surface area contributed by atoms with Gasteiger partial charge in [0.05, 0.1) is 11.1 Å². The van der Waals surface area contributed by atoms with Crippen LogP contribution < -0.4 is 26.4 Å². The highest BCUT2D eigenvalue weighted by atomic mass is 19.1. The number of carbonyl (C=O) groups excluding carboxylic acids is 3. The van der Waals surface area contributed by atoms with Crippen LogP contribution in [0.2, 0.25) is 0 Å². The summed E-state index contributed by atoms with van der Waals surface area (Å²) in [5, 5.41) is 8.65. The molecule has 0 spiro atoms. The second-order valence-corrected chi connectivity index (χ2v) is 8.97. The van der Waals surface area contributed by atoms with Crippen LogP contribution in [0.25, 0.3) is 10.9 Å². The molecule has 5 N–H and O–H groups in total. The lowest BCUT2D eigenvalue weighted by molar-refractivity contribution is -0.131. The minimum absolute atomic E-state index is 0.307. The number of fused-ring (bicyclic) bond motifs is 1. The molecule has 0 saturated heterocycles. The van der Waals surface area contributed by atoms with Gasteiger partial charge in [-0.3, -0.25) is 19.4 Å². The van der Waals surface area contributed by atoms with E-state index in [0.717, 1.165) is 0 Å². The SMILES string of the molecule is CNC(=O)c1cc2c(Oc3ccc(NC(=O)C4(C(=O)Nc5ccc(F)cc5)CC4)cc3)ccnc2cc1N. The number of nitrogens with two attached hydrogens (primary N) is 1. The molecule has 1 heterocycles. The number of carbonyl (C=O) groups is 3. The van der Waals surface area contributed by atoms with Crippen molar-refractivity contribution in [1.29, 1.82) is 0 Å². The number of hydrogen-bond donors (Lipinski definition) is 4. The summed E-state index contributed by atoms with van der Waals surface area (Å²) in [7, 11) is 1.52. The van der Waals surface area contributed by atoms with Gasteiger partial charge >= 0.3 is 0 Å². The molecular weight excluding hydrogens is 489 g/mol. The Labute approximate surface area is 217 Å². The lowest BCUT2D eigenvalue weighted by atomic mass is 10.0. The first-order valence-electron chi connectivity index (χ1n) is 11.9. The minimum atomic E-state index is -1.16. The number of hydrogen-bond acceptors (Lipinski definition) is 6. The van der Waals surface area contributed by atoms with E-state index in [9.17, 15) is 18.8 Å². The van der Waals surface area contributed by atoms with Crippen molar-refractivity contribution in [1.82, 2.24) is 10.3 Å². The van der Waals surface area contributed by atoms with Crippen LogP contribution in [-0.2, 0) is 9.59 Å². The number of aromatic nitrogens is 1. The third-order valence-corrected chi connectivity index (χ3v) is 6.41. The second-order valence-electron chi connectivity index (χ2n) is 8.97. The third kappa shape index (κ3) is 4.83. The average Bonchev–Trinajstić information content (AvgIpc) is 3.73. The zero-order valence-corrected chi connectivity index (χ0v) is 20.4. The molecule has 3 aromatic carbocycles. The van der Waals surface area contributed by atoms with Gasteiger partial charge in [0.1, 0.15) is 22.7 Å². The maximum absolute atomic E-state index is 13.1. The van der Waals surface area contributed by atoms with Crippen LogP contribution in [0.15, 0.2) is 72.9 Å². The molecule has 1 aliphatic carbocycles. The number of rotatable bonds is 7. The van der Waals surface area contributed by atoms with Gasteiger partial charge in [0.2, 0.25) is 11.8 Å². The van der Waals surface area contributed by atoms with Crippen molar-refractivity contribution in [2.45, 2.75) is 12.8 Å². The van der Waals surface area contributed by atoms with Crippen molar-refractivity contribution in [2.24, 2.45) is 5.41 Å². The Bertz CT molecular complexity index is 1550. The average molecular weight is 514 g/mol. The van der Waals surface area contributed by atoms with Crippen LogP contribution in [0.3, 0.4) is 0 Å². The van der Waals surface area contributed by atoms with Crippen LogP contribution in [0, 0.1) is 11.2 Å². The number of ether oxygens (including phenoxy) is 1. The molecule has 1 fully saturated rings. The van der Waals surface area contributed by atoms with E-state index < -0.39 is 23.0 Å². The van der Waals surface area contributed by atoms with E-state index in [2.05, 4.69) is 20.9 Å². The maximum Gasteiger partial charge on any atom is 0.253 e. The molecule has 1 saturated carbocycles. The molecule has 192 valence electrons. The summed E-state index contributed by atoms with van der Waals surface area (Å²) in [5.41, 5.74) is 6.96. The Morgan fingerprint density at radius 2 is 1.53 bits per heavy atom. The molecule has 9 nitrogen and oxygen atoms in total. The Hall–Kier alpha value is -4.99. The fourth-order valence-electron chi connectivity index (χ4n) is 4.05. The lowest BCUT2D eigenvalue weighted by Crippen LogP contribution is -2.35. The molecule has 5 rings (SSSR count). The molecule has 1 aromatic heterocycles. The van der Waals surface area contributed by atoms with E-state index in [1.165, 1.54) is 31.3 Å². The molecule has 4 aromatic rings. The predicted octanol–water partition coefficient (Wildman–Crippen LogP) is 4.47. The Balaban J connectivity index is 1.28. The quantitative estimate of drug-likeness (QED) is 0.213. The van der Waals surface area contributed by atoms with Gasteiger partial charge in [-0.25, -0.2) is 4.39 Å². The fraction of sp³-hybridized carbons (Fsp3) is 0.143. The van der Waals surface area contributed by atoms with Gasteiger partial charge in [-0.1, -0.05) is 0 Å². The van der Waals surface area contributed by atoms with Crippen molar-refractivity contribution in [3.05, 3.63) is 84.3 Å². The number of benzene rings is 3. The van der Waals surface area contributed by atoms with Gasteiger partial charge in [0.25, 0.3) is 5.91 Å². The molecule has 0 unspecified atom stereocenters.